The van der Waals surface area contributed by atoms with Gasteiger partial charge in [-0.05, 0) is 12.8 Å². The summed E-state index contributed by atoms with van der Waals surface area (Å²) in [5.74, 6) is 0.216. The van der Waals surface area contributed by atoms with Crippen molar-refractivity contribution in [1.29, 1.82) is 0 Å². The van der Waals surface area contributed by atoms with E-state index in [4.69, 9.17) is 4.74 Å². The lowest BCUT2D eigenvalue weighted by atomic mass is 10.1. The largest absolute Gasteiger partial charge is 0.380 e. The first-order chi connectivity index (χ1) is 7.65. The maximum atomic E-state index is 11.8. The van der Waals surface area contributed by atoms with Gasteiger partial charge in [0.05, 0.1) is 18.2 Å². The van der Waals surface area contributed by atoms with Crippen molar-refractivity contribution in [1.82, 2.24) is 10.3 Å². The Morgan fingerprint density at radius 3 is 2.88 bits per heavy atom. The van der Waals surface area contributed by atoms with E-state index in [-0.39, 0.29) is 11.9 Å². The molecular weight excluding hydrogens is 224 g/mol. The summed E-state index contributed by atoms with van der Waals surface area (Å²) in [5.41, 5.74) is 2.13. The number of nitrogens with zero attached hydrogens (tertiary/aromatic N) is 1. The Labute approximate surface area is 100 Å². The monoisotopic (exact) mass is 242 g/mol. The molecule has 90 valence electrons. The molecule has 0 radical (unpaired) electrons. The third-order valence-corrected chi connectivity index (χ3v) is 2.87. The summed E-state index contributed by atoms with van der Waals surface area (Å²) in [6.45, 7) is 7.27. The van der Waals surface area contributed by atoms with Crippen molar-refractivity contribution in [2.24, 2.45) is 5.92 Å². The third kappa shape index (κ3) is 3.90. The van der Waals surface area contributed by atoms with Crippen molar-refractivity contribution < 1.29 is 9.53 Å². The topological polar surface area (TPSA) is 51.2 Å². The Balaban J connectivity index is 2.51. The van der Waals surface area contributed by atoms with Crippen LogP contribution in [0, 0.1) is 5.92 Å². The van der Waals surface area contributed by atoms with E-state index >= 15 is 0 Å². The molecule has 0 saturated carbocycles. The fraction of sp³-hybridized carbons (Fsp3) is 0.636. The Morgan fingerprint density at radius 1 is 1.62 bits per heavy atom. The number of rotatable bonds is 6. The molecule has 1 rings (SSSR count). The lowest BCUT2D eigenvalue weighted by Crippen LogP contribution is -2.42. The van der Waals surface area contributed by atoms with Gasteiger partial charge >= 0.3 is 0 Å². The number of nitrogens with one attached hydrogen (secondary N) is 1. The van der Waals surface area contributed by atoms with E-state index in [1.54, 1.807) is 10.9 Å². The fourth-order valence-corrected chi connectivity index (χ4v) is 1.74. The molecule has 0 aliphatic carbocycles. The van der Waals surface area contributed by atoms with Crippen LogP contribution >= 0.6 is 11.3 Å². The van der Waals surface area contributed by atoms with Gasteiger partial charge in [-0.3, -0.25) is 4.79 Å². The second kappa shape index (κ2) is 6.60. The molecule has 0 bridgehead atoms. The van der Waals surface area contributed by atoms with Crippen molar-refractivity contribution in [2.45, 2.75) is 26.8 Å². The van der Waals surface area contributed by atoms with Gasteiger partial charge in [0.25, 0.3) is 5.91 Å². The molecule has 1 aromatic heterocycles. The predicted octanol–water partition coefficient (Wildman–Crippen LogP) is 1.93. The molecule has 5 heteroatoms. The van der Waals surface area contributed by atoms with Gasteiger partial charge in [0.15, 0.2) is 0 Å². The van der Waals surface area contributed by atoms with E-state index in [1.165, 1.54) is 11.3 Å². The van der Waals surface area contributed by atoms with E-state index < -0.39 is 0 Å². The number of ether oxygens (including phenoxy) is 1. The van der Waals surface area contributed by atoms with E-state index in [2.05, 4.69) is 24.1 Å². The Kier molecular flexibility index (Phi) is 5.42. The summed E-state index contributed by atoms with van der Waals surface area (Å²) < 4.78 is 5.34. The SMILES string of the molecule is CCOCC(NC(=O)c1cscn1)C(C)C. The second-order valence-electron chi connectivity index (χ2n) is 3.86. The van der Waals surface area contributed by atoms with Crippen LogP contribution in [0.4, 0.5) is 0 Å². The van der Waals surface area contributed by atoms with Crippen molar-refractivity contribution in [3.8, 4) is 0 Å². The minimum Gasteiger partial charge on any atom is -0.380 e. The third-order valence-electron chi connectivity index (χ3n) is 2.29. The minimum absolute atomic E-state index is 0.0362. The highest BCUT2D eigenvalue weighted by Gasteiger charge is 2.18. The van der Waals surface area contributed by atoms with Gasteiger partial charge in [-0.25, -0.2) is 4.98 Å². The summed E-state index contributed by atoms with van der Waals surface area (Å²) in [4.78, 5) is 15.7. The first-order valence-electron chi connectivity index (χ1n) is 5.42. The summed E-state index contributed by atoms with van der Waals surface area (Å²) in [7, 11) is 0. The van der Waals surface area contributed by atoms with Gasteiger partial charge in [0.2, 0.25) is 0 Å². The van der Waals surface area contributed by atoms with Crippen LogP contribution in [0.2, 0.25) is 0 Å². The van der Waals surface area contributed by atoms with Crippen LogP contribution in [0.1, 0.15) is 31.3 Å². The second-order valence-corrected chi connectivity index (χ2v) is 4.58. The van der Waals surface area contributed by atoms with Gasteiger partial charge in [0.1, 0.15) is 5.69 Å². The van der Waals surface area contributed by atoms with Crippen LogP contribution in [0.15, 0.2) is 10.9 Å². The Hall–Kier alpha value is -0.940. The maximum absolute atomic E-state index is 11.8. The molecule has 1 atom stereocenters. The highest BCUT2D eigenvalue weighted by Crippen LogP contribution is 2.06. The van der Waals surface area contributed by atoms with Crippen LogP contribution in [0.25, 0.3) is 0 Å². The quantitative estimate of drug-likeness (QED) is 0.829. The van der Waals surface area contributed by atoms with Crippen molar-refractivity contribution in [3.05, 3.63) is 16.6 Å². The van der Waals surface area contributed by atoms with E-state index in [1.807, 2.05) is 6.92 Å². The van der Waals surface area contributed by atoms with Crippen LogP contribution < -0.4 is 5.32 Å². The zero-order valence-corrected chi connectivity index (χ0v) is 10.7. The molecule has 1 amide bonds. The van der Waals surface area contributed by atoms with Crippen LogP contribution in [-0.4, -0.2) is 30.1 Å². The molecule has 16 heavy (non-hydrogen) atoms. The van der Waals surface area contributed by atoms with Gasteiger partial charge in [0, 0.05) is 12.0 Å². The van der Waals surface area contributed by atoms with Crippen LogP contribution in [0.5, 0.6) is 0 Å². The molecule has 0 saturated heterocycles. The lowest BCUT2D eigenvalue weighted by molar-refractivity contribution is 0.0802. The summed E-state index contributed by atoms with van der Waals surface area (Å²) in [6.07, 6.45) is 0. The molecule has 0 spiro atoms. The minimum atomic E-state index is -0.125. The van der Waals surface area contributed by atoms with Gasteiger partial charge in [-0.15, -0.1) is 11.3 Å². The average Bonchev–Trinajstić information content (AvgIpc) is 2.76. The van der Waals surface area contributed by atoms with Gasteiger partial charge in [-0.2, -0.15) is 0 Å². The van der Waals surface area contributed by atoms with E-state index in [0.29, 0.717) is 24.8 Å². The first kappa shape index (κ1) is 13.1. The van der Waals surface area contributed by atoms with Crippen molar-refractivity contribution >= 4 is 17.2 Å². The normalized spacial score (nSPS) is 12.8. The van der Waals surface area contributed by atoms with E-state index in [0.717, 1.165) is 0 Å². The molecule has 1 N–H and O–H groups in total. The summed E-state index contributed by atoms with van der Waals surface area (Å²) in [6, 6.07) is 0.0362. The molecule has 4 nitrogen and oxygen atoms in total. The fourth-order valence-electron chi connectivity index (χ4n) is 1.21. The molecular formula is C11H18N2O2S. The van der Waals surface area contributed by atoms with E-state index in [9.17, 15) is 4.79 Å². The highest BCUT2D eigenvalue weighted by atomic mass is 32.1. The first-order valence-corrected chi connectivity index (χ1v) is 6.36. The number of hydrogen-bond donors (Lipinski definition) is 1. The van der Waals surface area contributed by atoms with Gasteiger partial charge < -0.3 is 10.1 Å². The molecule has 0 fully saturated rings. The van der Waals surface area contributed by atoms with Crippen molar-refractivity contribution in [3.63, 3.8) is 0 Å². The number of carbonyl (C=O) groups excluding carboxylic acids is 1. The molecule has 0 aliphatic heterocycles. The number of amides is 1. The average molecular weight is 242 g/mol. The smallest absolute Gasteiger partial charge is 0.271 e. The van der Waals surface area contributed by atoms with Crippen molar-refractivity contribution in [2.75, 3.05) is 13.2 Å². The molecule has 1 aromatic rings. The molecule has 1 unspecified atom stereocenters. The molecule has 0 aliphatic rings. The molecule has 0 aromatic carbocycles. The number of aromatic nitrogens is 1. The standard InChI is InChI=1S/C11H18N2O2S/c1-4-15-5-9(8(2)3)13-11(14)10-6-16-7-12-10/h6-9H,4-5H2,1-3H3,(H,13,14). The lowest BCUT2D eigenvalue weighted by Gasteiger charge is -2.21. The zero-order valence-electron chi connectivity index (χ0n) is 9.90. The Bertz CT molecular complexity index is 312. The van der Waals surface area contributed by atoms with Crippen LogP contribution in [0.3, 0.4) is 0 Å². The predicted molar refractivity (Wildman–Crippen MR) is 64.7 cm³/mol. The zero-order chi connectivity index (χ0) is 12.0. The highest BCUT2D eigenvalue weighted by molar-refractivity contribution is 7.07. The summed E-state index contributed by atoms with van der Waals surface area (Å²) in [5, 5.41) is 4.68. The Morgan fingerprint density at radius 2 is 2.38 bits per heavy atom. The van der Waals surface area contributed by atoms with Crippen LogP contribution in [-0.2, 0) is 4.74 Å². The number of hydrogen-bond acceptors (Lipinski definition) is 4. The maximum Gasteiger partial charge on any atom is 0.271 e. The summed E-state index contributed by atoms with van der Waals surface area (Å²) >= 11 is 1.42. The number of carbonyl (C=O) groups is 1. The number of thiazole rings is 1. The van der Waals surface area contributed by atoms with Gasteiger partial charge in [-0.1, -0.05) is 13.8 Å². The molecule has 1 heterocycles.